The summed E-state index contributed by atoms with van der Waals surface area (Å²) >= 11 is 0. The molecule has 4 aromatic rings. The van der Waals surface area contributed by atoms with Gasteiger partial charge in [0.05, 0.1) is 16.6 Å². The van der Waals surface area contributed by atoms with Crippen LogP contribution in [0.2, 0.25) is 0 Å². The van der Waals surface area contributed by atoms with Gasteiger partial charge in [-0.05, 0) is 35.0 Å². The third-order valence-corrected chi connectivity index (χ3v) is 4.03. The lowest BCUT2D eigenvalue weighted by molar-refractivity contribution is 0.0557. The highest BCUT2D eigenvalue weighted by atomic mass is 16.5. The van der Waals surface area contributed by atoms with Crippen molar-refractivity contribution >= 4 is 27.8 Å². The largest absolute Gasteiger partial charge is 0.449 e. The topological polar surface area (TPSA) is 55.0 Å². The zero-order chi connectivity index (χ0) is 17.2. The van der Waals surface area contributed by atoms with E-state index >= 15 is 0 Å². The van der Waals surface area contributed by atoms with Gasteiger partial charge >= 0.3 is 5.97 Å². The van der Waals surface area contributed by atoms with Crippen LogP contribution in [0, 0.1) is 12.3 Å². The van der Waals surface area contributed by atoms with Gasteiger partial charge in [-0.15, -0.1) is 6.42 Å². The number of carbonyl (C=O) groups is 1. The van der Waals surface area contributed by atoms with Crippen LogP contribution in [-0.2, 0) is 4.74 Å². The summed E-state index contributed by atoms with van der Waals surface area (Å²) in [5.74, 6) is 2.60. The van der Waals surface area contributed by atoms with Crippen molar-refractivity contribution in [3.8, 4) is 23.7 Å². The average Bonchev–Trinajstić information content (AvgIpc) is 3.09. The molecule has 0 fully saturated rings. The van der Waals surface area contributed by atoms with Gasteiger partial charge in [0, 0.05) is 5.56 Å². The van der Waals surface area contributed by atoms with Crippen molar-refractivity contribution < 1.29 is 9.53 Å². The third kappa shape index (κ3) is 2.84. The Morgan fingerprint density at radius 1 is 1.08 bits per heavy atom. The maximum atomic E-state index is 11.9. The number of esters is 1. The van der Waals surface area contributed by atoms with E-state index in [0.717, 1.165) is 27.8 Å². The molecule has 4 rings (SSSR count). The molecule has 0 aliphatic heterocycles. The van der Waals surface area contributed by atoms with E-state index in [1.807, 2.05) is 18.2 Å². The highest BCUT2D eigenvalue weighted by Crippen LogP contribution is 2.25. The molecule has 0 saturated carbocycles. The molecule has 0 radical (unpaired) electrons. The van der Waals surface area contributed by atoms with Gasteiger partial charge in [0.15, 0.2) is 6.61 Å². The van der Waals surface area contributed by atoms with Gasteiger partial charge in [0.1, 0.15) is 5.82 Å². The van der Waals surface area contributed by atoms with Crippen LogP contribution in [0.15, 0.2) is 60.7 Å². The minimum absolute atomic E-state index is 0.0395. The van der Waals surface area contributed by atoms with E-state index in [1.54, 1.807) is 18.2 Å². The SMILES string of the molecule is C#CCOC(=O)c1ccc2nc(-c3ccc4ccccc4c3)[nH]c2c1. The normalized spacial score (nSPS) is 10.7. The zero-order valence-corrected chi connectivity index (χ0v) is 13.3. The molecule has 4 heteroatoms. The maximum Gasteiger partial charge on any atom is 0.339 e. The first-order valence-electron chi connectivity index (χ1n) is 7.84. The molecular weight excluding hydrogens is 312 g/mol. The van der Waals surface area contributed by atoms with Crippen LogP contribution in [0.4, 0.5) is 0 Å². The molecule has 3 aromatic carbocycles. The molecule has 1 heterocycles. The molecule has 0 amide bonds. The lowest BCUT2D eigenvalue weighted by Gasteiger charge is -2.00. The molecule has 0 atom stereocenters. The second-order valence-electron chi connectivity index (χ2n) is 5.66. The van der Waals surface area contributed by atoms with Crippen LogP contribution in [0.25, 0.3) is 33.2 Å². The molecular formula is C21H14N2O2. The van der Waals surface area contributed by atoms with Gasteiger partial charge in [-0.25, -0.2) is 9.78 Å². The van der Waals surface area contributed by atoms with Gasteiger partial charge in [0.25, 0.3) is 0 Å². The number of aromatic amines is 1. The lowest BCUT2D eigenvalue weighted by Crippen LogP contribution is -2.04. The number of rotatable bonds is 3. The third-order valence-electron chi connectivity index (χ3n) is 4.03. The first kappa shape index (κ1) is 15.0. The lowest BCUT2D eigenvalue weighted by atomic mass is 10.1. The van der Waals surface area contributed by atoms with Crippen molar-refractivity contribution in [1.82, 2.24) is 9.97 Å². The van der Waals surface area contributed by atoms with E-state index in [4.69, 9.17) is 11.2 Å². The molecule has 0 saturated heterocycles. The molecule has 0 spiro atoms. The van der Waals surface area contributed by atoms with Gasteiger partial charge in [-0.3, -0.25) is 0 Å². The summed E-state index contributed by atoms with van der Waals surface area (Å²) in [5.41, 5.74) is 3.00. The van der Waals surface area contributed by atoms with Gasteiger partial charge in [-0.2, -0.15) is 0 Å². The first-order valence-corrected chi connectivity index (χ1v) is 7.84. The minimum atomic E-state index is -0.443. The fraction of sp³-hybridized carbons (Fsp3) is 0.0476. The molecule has 0 aliphatic carbocycles. The van der Waals surface area contributed by atoms with E-state index in [9.17, 15) is 4.79 Å². The Bertz CT molecular complexity index is 1140. The Hall–Kier alpha value is -3.58. The van der Waals surface area contributed by atoms with Gasteiger partial charge in [-0.1, -0.05) is 42.3 Å². The predicted octanol–water partition coefficient (Wildman–Crippen LogP) is 4.17. The van der Waals surface area contributed by atoms with Crippen LogP contribution in [0.5, 0.6) is 0 Å². The summed E-state index contributed by atoms with van der Waals surface area (Å²) < 4.78 is 4.96. The number of ether oxygens (including phenoxy) is 1. The van der Waals surface area contributed by atoms with E-state index in [2.05, 4.69) is 40.2 Å². The fourth-order valence-corrected chi connectivity index (χ4v) is 2.80. The van der Waals surface area contributed by atoms with Crippen molar-refractivity contribution in [2.45, 2.75) is 0 Å². The molecule has 0 unspecified atom stereocenters. The van der Waals surface area contributed by atoms with Crippen molar-refractivity contribution in [3.05, 3.63) is 66.2 Å². The Kier molecular flexibility index (Phi) is 3.68. The molecule has 4 nitrogen and oxygen atoms in total. The maximum absolute atomic E-state index is 11.9. The van der Waals surface area contributed by atoms with Crippen LogP contribution in [0.1, 0.15) is 10.4 Å². The van der Waals surface area contributed by atoms with E-state index < -0.39 is 5.97 Å². The number of hydrogen-bond acceptors (Lipinski definition) is 3. The van der Waals surface area contributed by atoms with Crippen molar-refractivity contribution in [3.63, 3.8) is 0 Å². The van der Waals surface area contributed by atoms with Gasteiger partial charge < -0.3 is 9.72 Å². The molecule has 25 heavy (non-hydrogen) atoms. The smallest absolute Gasteiger partial charge is 0.339 e. The van der Waals surface area contributed by atoms with Crippen LogP contribution < -0.4 is 0 Å². The Balaban J connectivity index is 1.72. The van der Waals surface area contributed by atoms with Gasteiger partial charge in [0.2, 0.25) is 0 Å². The number of nitrogens with zero attached hydrogens (tertiary/aromatic N) is 1. The monoisotopic (exact) mass is 326 g/mol. The number of H-pyrrole nitrogens is 1. The Labute approximate surface area is 144 Å². The average molecular weight is 326 g/mol. The summed E-state index contributed by atoms with van der Waals surface area (Å²) in [4.78, 5) is 19.8. The number of benzene rings is 3. The van der Waals surface area contributed by atoms with Crippen LogP contribution in [0.3, 0.4) is 0 Å². The molecule has 1 aromatic heterocycles. The predicted molar refractivity (Wildman–Crippen MR) is 98.2 cm³/mol. The molecule has 120 valence electrons. The van der Waals surface area contributed by atoms with Crippen molar-refractivity contribution in [2.75, 3.05) is 6.61 Å². The molecule has 1 N–H and O–H groups in total. The van der Waals surface area contributed by atoms with E-state index in [-0.39, 0.29) is 6.61 Å². The fourth-order valence-electron chi connectivity index (χ4n) is 2.80. The number of fused-ring (bicyclic) bond motifs is 2. The number of nitrogens with one attached hydrogen (secondary N) is 1. The second kappa shape index (κ2) is 6.14. The summed E-state index contributed by atoms with van der Waals surface area (Å²) in [7, 11) is 0. The number of carbonyl (C=O) groups excluding carboxylic acids is 1. The quantitative estimate of drug-likeness (QED) is 0.454. The summed E-state index contributed by atoms with van der Waals surface area (Å²) in [6.45, 7) is -0.0395. The highest BCUT2D eigenvalue weighted by Gasteiger charge is 2.11. The number of terminal acetylenes is 1. The highest BCUT2D eigenvalue weighted by molar-refractivity contribution is 5.94. The first-order chi connectivity index (χ1) is 12.2. The number of imidazole rings is 1. The standard InChI is InChI=1S/C21H14N2O2/c1-2-11-25-21(24)17-9-10-18-19(13-17)23-20(22-18)16-8-7-14-5-3-4-6-15(14)12-16/h1,3-10,12-13H,11H2,(H,22,23). The Morgan fingerprint density at radius 2 is 1.92 bits per heavy atom. The minimum Gasteiger partial charge on any atom is -0.449 e. The van der Waals surface area contributed by atoms with E-state index in [1.165, 1.54) is 5.39 Å². The summed E-state index contributed by atoms with van der Waals surface area (Å²) in [6, 6.07) is 19.6. The second-order valence-corrected chi connectivity index (χ2v) is 5.66. The number of hydrogen-bond donors (Lipinski definition) is 1. The summed E-state index contributed by atoms with van der Waals surface area (Å²) in [6.07, 6.45) is 5.11. The van der Waals surface area contributed by atoms with Crippen LogP contribution >= 0.6 is 0 Å². The van der Waals surface area contributed by atoms with Crippen molar-refractivity contribution in [2.24, 2.45) is 0 Å². The zero-order valence-electron chi connectivity index (χ0n) is 13.3. The molecule has 0 aliphatic rings. The van der Waals surface area contributed by atoms with Crippen molar-refractivity contribution in [1.29, 1.82) is 0 Å². The number of aromatic nitrogens is 2. The molecule has 0 bridgehead atoms. The Morgan fingerprint density at radius 3 is 2.76 bits per heavy atom. The van der Waals surface area contributed by atoms with Crippen LogP contribution in [-0.4, -0.2) is 22.5 Å². The van der Waals surface area contributed by atoms with E-state index in [0.29, 0.717) is 5.56 Å². The summed E-state index contributed by atoms with van der Waals surface area (Å²) in [5, 5.41) is 2.33.